The highest BCUT2D eigenvalue weighted by molar-refractivity contribution is 6.12. The summed E-state index contributed by atoms with van der Waals surface area (Å²) in [6.45, 7) is 6.15. The van der Waals surface area contributed by atoms with E-state index < -0.39 is 17.4 Å². The van der Waals surface area contributed by atoms with Gasteiger partial charge in [0.1, 0.15) is 22.7 Å². The number of hydrogen-bond acceptors (Lipinski definition) is 7. The number of carbonyl (C=O) groups excluding carboxylic acids is 3. The molecule has 1 atom stereocenters. The van der Waals surface area contributed by atoms with E-state index in [0.717, 1.165) is 5.56 Å². The Hall–Kier alpha value is -4.34. The van der Waals surface area contributed by atoms with E-state index in [2.05, 4.69) is 10.4 Å². The third kappa shape index (κ3) is 5.00. The first-order valence-corrected chi connectivity index (χ1v) is 12.0. The van der Waals surface area contributed by atoms with Crippen LogP contribution in [0.1, 0.15) is 47.3 Å². The van der Waals surface area contributed by atoms with E-state index in [1.165, 1.54) is 15.6 Å². The van der Waals surface area contributed by atoms with Crippen LogP contribution in [0.5, 0.6) is 11.5 Å². The molecule has 0 spiro atoms. The van der Waals surface area contributed by atoms with Gasteiger partial charge in [0.2, 0.25) is 5.91 Å². The molecule has 0 saturated heterocycles. The first kappa shape index (κ1) is 25.7. The Morgan fingerprint density at radius 2 is 1.81 bits per heavy atom. The third-order valence-corrected chi connectivity index (χ3v) is 6.16. The van der Waals surface area contributed by atoms with Crippen molar-refractivity contribution in [3.05, 3.63) is 71.5 Å². The lowest BCUT2D eigenvalue weighted by Crippen LogP contribution is -2.64. The molecular weight excluding hydrogens is 476 g/mol. The van der Waals surface area contributed by atoms with Crippen LogP contribution in [-0.2, 0) is 22.6 Å². The monoisotopic (exact) mass is 506 g/mol. The van der Waals surface area contributed by atoms with Gasteiger partial charge >= 0.3 is 5.97 Å². The second kappa shape index (κ2) is 10.7. The van der Waals surface area contributed by atoms with Crippen molar-refractivity contribution >= 4 is 23.5 Å². The maximum absolute atomic E-state index is 13.8. The molecule has 37 heavy (non-hydrogen) atoms. The van der Waals surface area contributed by atoms with Gasteiger partial charge in [-0.05, 0) is 51.1 Å². The molecule has 10 nitrogen and oxygen atoms in total. The van der Waals surface area contributed by atoms with Crippen molar-refractivity contribution in [2.75, 3.05) is 25.2 Å². The van der Waals surface area contributed by atoms with Crippen LogP contribution < -0.4 is 19.7 Å². The summed E-state index contributed by atoms with van der Waals surface area (Å²) in [4.78, 5) is 41.3. The summed E-state index contributed by atoms with van der Waals surface area (Å²) in [7, 11) is 1.57. The van der Waals surface area contributed by atoms with Crippen LogP contribution in [0.3, 0.4) is 0 Å². The number of benzene rings is 2. The van der Waals surface area contributed by atoms with Crippen molar-refractivity contribution in [3.8, 4) is 11.5 Å². The van der Waals surface area contributed by atoms with Gasteiger partial charge in [0, 0.05) is 23.9 Å². The molecule has 0 aliphatic carbocycles. The summed E-state index contributed by atoms with van der Waals surface area (Å²) < 4.78 is 17.4. The second-order valence-corrected chi connectivity index (χ2v) is 8.63. The quantitative estimate of drug-likeness (QED) is 0.444. The topological polar surface area (TPSA) is 112 Å². The summed E-state index contributed by atoms with van der Waals surface area (Å²) in [5.41, 5.74) is 0.133. The number of methoxy groups -OCH3 is 1. The Labute approximate surface area is 215 Å². The Bertz CT molecular complexity index is 1300. The van der Waals surface area contributed by atoms with Crippen LogP contribution in [0.15, 0.2) is 54.6 Å². The molecule has 1 aliphatic rings. The Morgan fingerprint density at radius 3 is 2.49 bits per heavy atom. The smallest absolute Gasteiger partial charge is 0.358 e. The van der Waals surface area contributed by atoms with E-state index in [1.54, 1.807) is 45.2 Å². The fourth-order valence-electron chi connectivity index (χ4n) is 4.36. The number of esters is 1. The van der Waals surface area contributed by atoms with Gasteiger partial charge in [0.25, 0.3) is 5.91 Å². The predicted octanol–water partition coefficient (Wildman–Crippen LogP) is 3.20. The number of nitrogens with zero attached hydrogens (tertiary/aromatic N) is 3. The highest BCUT2D eigenvalue weighted by Gasteiger charge is 2.49. The van der Waals surface area contributed by atoms with Crippen molar-refractivity contribution in [3.63, 3.8) is 0 Å². The minimum absolute atomic E-state index is 0.00974. The standard InChI is InChI=1S/C27H30N4O6/c1-5-36-20-13-11-19(12-14-20)31-24(32)22-15-21(25(33)37-6-2)29-30(22)17-27(31,3)26(34)28-16-18-9-7-8-10-23(18)35-4/h7-15H,5-6,16-17H2,1-4H3,(H,28,34)/t27-/m0/s1. The molecule has 194 valence electrons. The molecule has 1 aromatic heterocycles. The maximum Gasteiger partial charge on any atom is 0.358 e. The van der Waals surface area contributed by atoms with E-state index in [4.69, 9.17) is 14.2 Å². The summed E-state index contributed by atoms with van der Waals surface area (Å²) in [5, 5.41) is 7.23. The van der Waals surface area contributed by atoms with Crippen molar-refractivity contribution in [2.45, 2.75) is 39.4 Å². The van der Waals surface area contributed by atoms with Crippen LogP contribution in [0, 0.1) is 0 Å². The van der Waals surface area contributed by atoms with Gasteiger partial charge in [-0.3, -0.25) is 19.2 Å². The zero-order valence-electron chi connectivity index (χ0n) is 21.3. The van der Waals surface area contributed by atoms with E-state index in [1.807, 2.05) is 31.2 Å². The molecule has 1 aliphatic heterocycles. The van der Waals surface area contributed by atoms with Gasteiger partial charge in [0.05, 0.1) is 26.9 Å². The number of amides is 2. The van der Waals surface area contributed by atoms with Gasteiger partial charge in [-0.25, -0.2) is 4.79 Å². The number of ether oxygens (including phenoxy) is 3. The van der Waals surface area contributed by atoms with Gasteiger partial charge in [-0.15, -0.1) is 0 Å². The molecule has 2 aromatic carbocycles. The first-order valence-electron chi connectivity index (χ1n) is 12.0. The number of anilines is 1. The highest BCUT2D eigenvalue weighted by Crippen LogP contribution is 2.34. The number of fused-ring (bicyclic) bond motifs is 1. The molecule has 1 N–H and O–H groups in total. The molecule has 0 unspecified atom stereocenters. The van der Waals surface area contributed by atoms with Crippen LogP contribution in [0.2, 0.25) is 0 Å². The number of aromatic nitrogens is 2. The third-order valence-electron chi connectivity index (χ3n) is 6.16. The molecule has 3 aromatic rings. The zero-order chi connectivity index (χ0) is 26.6. The summed E-state index contributed by atoms with van der Waals surface area (Å²) in [5.74, 6) is -0.197. The van der Waals surface area contributed by atoms with Crippen LogP contribution in [0.4, 0.5) is 5.69 Å². The highest BCUT2D eigenvalue weighted by atomic mass is 16.5. The minimum atomic E-state index is -1.36. The molecule has 2 amide bonds. The maximum atomic E-state index is 13.8. The largest absolute Gasteiger partial charge is 0.496 e. The Kier molecular flexibility index (Phi) is 7.47. The molecule has 4 rings (SSSR count). The number of hydrogen-bond donors (Lipinski definition) is 1. The molecule has 10 heteroatoms. The van der Waals surface area contributed by atoms with Crippen molar-refractivity contribution in [1.29, 1.82) is 0 Å². The van der Waals surface area contributed by atoms with Crippen molar-refractivity contribution in [1.82, 2.24) is 15.1 Å². The van der Waals surface area contributed by atoms with E-state index >= 15 is 0 Å². The lowest BCUT2D eigenvalue weighted by atomic mass is 9.93. The second-order valence-electron chi connectivity index (χ2n) is 8.63. The molecule has 2 heterocycles. The molecule has 0 fully saturated rings. The molecule has 0 radical (unpaired) electrons. The summed E-state index contributed by atoms with van der Waals surface area (Å²) in [6, 6.07) is 15.7. The molecule has 0 bridgehead atoms. The lowest BCUT2D eigenvalue weighted by molar-refractivity contribution is -0.126. The van der Waals surface area contributed by atoms with Crippen molar-refractivity contribution < 1.29 is 28.6 Å². The minimum Gasteiger partial charge on any atom is -0.496 e. The predicted molar refractivity (Wildman–Crippen MR) is 136 cm³/mol. The Morgan fingerprint density at radius 1 is 1.08 bits per heavy atom. The van der Waals surface area contributed by atoms with E-state index in [0.29, 0.717) is 23.8 Å². The summed E-state index contributed by atoms with van der Waals surface area (Å²) in [6.07, 6.45) is 0. The number of carbonyl (C=O) groups is 3. The van der Waals surface area contributed by atoms with Crippen LogP contribution >= 0.6 is 0 Å². The number of rotatable bonds is 9. The Balaban J connectivity index is 1.71. The first-order chi connectivity index (χ1) is 17.8. The fourth-order valence-corrected chi connectivity index (χ4v) is 4.36. The van der Waals surface area contributed by atoms with Gasteiger partial charge < -0.3 is 19.5 Å². The lowest BCUT2D eigenvalue weighted by Gasteiger charge is -2.43. The van der Waals surface area contributed by atoms with Gasteiger partial charge in [-0.1, -0.05) is 18.2 Å². The van der Waals surface area contributed by atoms with Crippen LogP contribution in [-0.4, -0.2) is 53.4 Å². The SMILES string of the molecule is CCOC(=O)c1cc2n(n1)C[C@@](C)(C(=O)NCc1ccccc1OC)N(c1ccc(OCC)cc1)C2=O. The zero-order valence-corrected chi connectivity index (χ0v) is 21.3. The summed E-state index contributed by atoms with van der Waals surface area (Å²) >= 11 is 0. The van der Waals surface area contributed by atoms with E-state index in [9.17, 15) is 14.4 Å². The average molecular weight is 507 g/mol. The normalized spacial score (nSPS) is 16.6. The van der Waals surface area contributed by atoms with Crippen LogP contribution in [0.25, 0.3) is 0 Å². The van der Waals surface area contributed by atoms with Gasteiger partial charge in [0.15, 0.2) is 5.69 Å². The number of nitrogens with one attached hydrogen (secondary N) is 1. The fraction of sp³-hybridized carbons (Fsp3) is 0.333. The van der Waals surface area contributed by atoms with Gasteiger partial charge in [-0.2, -0.15) is 5.10 Å². The number of para-hydroxylation sites is 1. The van der Waals surface area contributed by atoms with E-state index in [-0.39, 0.29) is 37.0 Å². The average Bonchev–Trinajstić information content (AvgIpc) is 3.33. The van der Waals surface area contributed by atoms with Crippen molar-refractivity contribution in [2.24, 2.45) is 0 Å². The molecule has 0 saturated carbocycles. The molecular formula is C27H30N4O6.